The van der Waals surface area contributed by atoms with Crippen LogP contribution in [0, 0.1) is 0 Å². The van der Waals surface area contributed by atoms with Crippen LogP contribution in [-0.4, -0.2) is 69.7 Å². The summed E-state index contributed by atoms with van der Waals surface area (Å²) in [6.45, 7) is 0. The summed E-state index contributed by atoms with van der Waals surface area (Å²) in [7, 11) is 0. The van der Waals surface area contributed by atoms with Gasteiger partial charge in [-0.1, -0.05) is 0 Å². The maximum absolute atomic E-state index is 0. The predicted molar refractivity (Wildman–Crippen MR) is 28.4 cm³/mol. The Bertz CT molecular complexity index is 8.00. The van der Waals surface area contributed by atoms with Crippen molar-refractivity contribution >= 4 is 69.7 Å². The summed E-state index contributed by atoms with van der Waals surface area (Å²) in [4.78, 5) is 0. The zero-order chi connectivity index (χ0) is 0. The third kappa shape index (κ3) is 8.84. The van der Waals surface area contributed by atoms with Gasteiger partial charge in [-0.2, -0.15) is 0 Å². The number of rotatable bonds is 0. The van der Waals surface area contributed by atoms with E-state index in [-0.39, 0.29) is 86.7 Å². The van der Waals surface area contributed by atoms with Crippen LogP contribution in [0.5, 0.6) is 0 Å². The van der Waals surface area contributed by atoms with Crippen LogP contribution in [-0.2, 0) is 17.1 Å². The molecule has 0 bridgehead atoms. The van der Waals surface area contributed by atoms with Crippen molar-refractivity contribution in [1.29, 1.82) is 0 Å². The molecular weight excluding hydrogens is 460 g/mol. The topological polar surface area (TPSA) is 0 Å². The number of hydrogen-bond acceptors (Lipinski definition) is 0. The Balaban J connectivity index is 0. The molecule has 0 fully saturated rings. The van der Waals surface area contributed by atoms with Gasteiger partial charge in [-0.25, -0.2) is 0 Å². The Labute approximate surface area is 85.3 Å². The molecule has 1 atom stereocenters. The van der Waals surface area contributed by atoms with Crippen molar-refractivity contribution in [2.24, 2.45) is 0 Å². The van der Waals surface area contributed by atoms with E-state index in [1.54, 1.807) is 0 Å². The predicted octanol–water partition coefficient (Wildman–Crippen LogP) is -3.29. The SMILES string of the molecule is [AsH3].[Fe].[PbH2].[SbH3]. The van der Waals surface area contributed by atoms with Gasteiger partial charge in [0.05, 0.1) is 0 Å². The van der Waals surface area contributed by atoms with Crippen LogP contribution in [0.1, 0.15) is 0 Å². The molecular formula is H8AsFePbSb. The number of hydrogen-bond donors (Lipinski definition) is 0. The minimum atomic E-state index is 0. The van der Waals surface area contributed by atoms with Crippen molar-refractivity contribution in [3.8, 4) is 0 Å². The van der Waals surface area contributed by atoms with Gasteiger partial charge in [0, 0.05) is 17.1 Å². The van der Waals surface area contributed by atoms with Crippen molar-refractivity contribution in [2.75, 3.05) is 0 Å². The van der Waals surface area contributed by atoms with E-state index in [1.165, 1.54) is 0 Å². The molecule has 4 heavy (non-hydrogen) atoms. The zero-order valence-electron chi connectivity index (χ0n) is 2.47. The van der Waals surface area contributed by atoms with Gasteiger partial charge >= 0.3 is 69.7 Å². The van der Waals surface area contributed by atoms with Gasteiger partial charge in [0.2, 0.25) is 0 Å². The Morgan fingerprint density at radius 3 is 1.00 bits per heavy atom. The van der Waals surface area contributed by atoms with Crippen LogP contribution >= 0.6 is 0 Å². The third-order valence-corrected chi connectivity index (χ3v) is 0. The molecule has 0 aliphatic rings. The molecule has 0 heterocycles. The molecule has 0 rings (SSSR count). The van der Waals surface area contributed by atoms with Crippen molar-refractivity contribution < 1.29 is 17.1 Å². The van der Waals surface area contributed by atoms with E-state index in [0.717, 1.165) is 0 Å². The van der Waals surface area contributed by atoms with E-state index in [1.807, 2.05) is 0 Å². The second kappa shape index (κ2) is 17.0. The van der Waals surface area contributed by atoms with E-state index in [0.29, 0.717) is 0 Å². The monoisotopic (exact) mass is 468 g/mol. The van der Waals surface area contributed by atoms with Crippen molar-refractivity contribution in [1.82, 2.24) is 0 Å². The van der Waals surface area contributed by atoms with E-state index < -0.39 is 0 Å². The second-order valence-electron chi connectivity index (χ2n) is 0. The molecule has 0 saturated heterocycles. The molecule has 0 nitrogen and oxygen atoms in total. The average molecular weight is 468 g/mol. The Morgan fingerprint density at radius 2 is 1.00 bits per heavy atom. The first kappa shape index (κ1) is 29.1. The molecule has 0 aliphatic heterocycles. The van der Waals surface area contributed by atoms with E-state index >= 15 is 0 Å². The normalized spacial score (nSPS) is 0. The fourth-order valence-corrected chi connectivity index (χ4v) is 0. The summed E-state index contributed by atoms with van der Waals surface area (Å²) >= 11 is 0. The molecule has 4 heteroatoms. The molecule has 0 aliphatic carbocycles. The van der Waals surface area contributed by atoms with Crippen LogP contribution in [0.2, 0.25) is 0 Å². The molecule has 2 radical (unpaired) electrons. The summed E-state index contributed by atoms with van der Waals surface area (Å²) in [5.41, 5.74) is 0. The van der Waals surface area contributed by atoms with Crippen molar-refractivity contribution in [2.45, 2.75) is 0 Å². The molecule has 0 aromatic heterocycles. The summed E-state index contributed by atoms with van der Waals surface area (Å²) in [6, 6.07) is 0. The van der Waals surface area contributed by atoms with Gasteiger partial charge in [-0.3, -0.25) is 0 Å². The molecule has 1 unspecified atom stereocenters. The molecule has 0 saturated carbocycles. The van der Waals surface area contributed by atoms with E-state index in [4.69, 9.17) is 0 Å². The third-order valence-electron chi connectivity index (χ3n) is 0. The van der Waals surface area contributed by atoms with Crippen LogP contribution in [0.4, 0.5) is 0 Å². The fourth-order valence-electron chi connectivity index (χ4n) is 0. The standard InChI is InChI=1S/AsH3.Fe.Pb.Sb.5H/h1H3;;;;;;;;. The summed E-state index contributed by atoms with van der Waals surface area (Å²) in [6.07, 6.45) is 0. The van der Waals surface area contributed by atoms with Gasteiger partial charge in [0.15, 0.2) is 0 Å². The molecule has 0 aromatic rings. The summed E-state index contributed by atoms with van der Waals surface area (Å²) < 4.78 is 0. The minimum absolute atomic E-state index is 0. The molecule has 30 valence electrons. The van der Waals surface area contributed by atoms with Gasteiger partial charge in [0.1, 0.15) is 0 Å². The van der Waals surface area contributed by atoms with Gasteiger partial charge in [-0.05, 0) is 0 Å². The first-order valence-corrected chi connectivity index (χ1v) is 0. The molecule has 0 N–H and O–H groups in total. The Hall–Kier alpha value is 2.82. The summed E-state index contributed by atoms with van der Waals surface area (Å²) in [5, 5.41) is 0. The van der Waals surface area contributed by atoms with E-state index in [2.05, 4.69) is 0 Å². The maximum atomic E-state index is 0. The fraction of sp³-hybridized carbons (Fsp3) is 0. The quantitative estimate of drug-likeness (QED) is 0.328. The zero-order valence-corrected chi connectivity index (χ0v) is 16.1. The molecule has 0 spiro atoms. The average Bonchev–Trinajstić information content (AvgIpc) is 0. The Kier molecular flexibility index (Phi) is 124. The first-order valence-electron chi connectivity index (χ1n) is 0. The van der Waals surface area contributed by atoms with Gasteiger partial charge < -0.3 is 0 Å². The summed E-state index contributed by atoms with van der Waals surface area (Å²) in [5.74, 6) is 0. The van der Waals surface area contributed by atoms with Gasteiger partial charge in [0.25, 0.3) is 0 Å². The Morgan fingerprint density at radius 1 is 1.00 bits per heavy atom. The second-order valence-corrected chi connectivity index (χ2v) is 0. The first-order chi connectivity index (χ1) is 0. The van der Waals surface area contributed by atoms with Crippen LogP contribution in [0.15, 0.2) is 0 Å². The van der Waals surface area contributed by atoms with Crippen LogP contribution in [0.3, 0.4) is 0 Å². The van der Waals surface area contributed by atoms with Crippen molar-refractivity contribution in [3.05, 3.63) is 0 Å². The van der Waals surface area contributed by atoms with Crippen LogP contribution < -0.4 is 0 Å². The van der Waals surface area contributed by atoms with Gasteiger partial charge in [-0.15, -0.1) is 0 Å². The van der Waals surface area contributed by atoms with E-state index in [9.17, 15) is 0 Å². The molecule has 0 amide bonds. The van der Waals surface area contributed by atoms with Crippen molar-refractivity contribution in [3.63, 3.8) is 0 Å². The van der Waals surface area contributed by atoms with Crippen LogP contribution in [0.25, 0.3) is 0 Å². The molecule has 0 aromatic carbocycles.